The first-order chi connectivity index (χ1) is 12.5. The predicted octanol–water partition coefficient (Wildman–Crippen LogP) is 2.78. The lowest BCUT2D eigenvalue weighted by molar-refractivity contribution is -0.148. The van der Waals surface area contributed by atoms with Crippen molar-refractivity contribution in [2.45, 2.75) is 52.9 Å². The van der Waals surface area contributed by atoms with E-state index in [4.69, 9.17) is 14.2 Å². The first-order valence-corrected chi connectivity index (χ1v) is 8.62. The Kier molecular flexibility index (Phi) is 6.37. The van der Waals surface area contributed by atoms with Crippen molar-refractivity contribution in [1.82, 2.24) is 15.0 Å². The van der Waals surface area contributed by atoms with Gasteiger partial charge in [0.05, 0.1) is 24.4 Å². The molecular weight excluding hydrogens is 352 g/mol. The number of ether oxygens (including phenoxy) is 3. The highest BCUT2D eigenvalue weighted by molar-refractivity contribution is 5.97. The van der Waals surface area contributed by atoms with E-state index >= 15 is 0 Å². The van der Waals surface area contributed by atoms with Gasteiger partial charge < -0.3 is 14.2 Å². The van der Waals surface area contributed by atoms with Crippen molar-refractivity contribution in [1.29, 1.82) is 0 Å². The summed E-state index contributed by atoms with van der Waals surface area (Å²) in [7, 11) is 1.76. The molecule has 0 radical (unpaired) electrons. The fourth-order valence-electron chi connectivity index (χ4n) is 2.44. The van der Waals surface area contributed by atoms with Crippen molar-refractivity contribution >= 4 is 28.8 Å². The highest BCUT2D eigenvalue weighted by Crippen LogP contribution is 2.24. The zero-order valence-electron chi connectivity index (χ0n) is 16.5. The molecule has 1 heterocycles. The molecule has 2 rings (SSSR count). The number of anilines is 1. The van der Waals surface area contributed by atoms with Gasteiger partial charge in [0.2, 0.25) is 0 Å². The zero-order chi connectivity index (χ0) is 20.2. The number of fused-ring (bicyclic) bond motifs is 1. The largest absolute Gasteiger partial charge is 0.460 e. The van der Waals surface area contributed by atoms with Gasteiger partial charge >= 0.3 is 12.1 Å². The fraction of sp³-hybridized carbons (Fsp3) is 0.556. The molecule has 0 fully saturated rings. The second-order valence-corrected chi connectivity index (χ2v) is 7.29. The Labute approximate surface area is 158 Å². The first-order valence-electron chi connectivity index (χ1n) is 8.62. The Balaban J connectivity index is 2.14. The summed E-state index contributed by atoms with van der Waals surface area (Å²) < 4.78 is 17.6. The second kappa shape index (κ2) is 8.34. The van der Waals surface area contributed by atoms with E-state index in [-0.39, 0.29) is 25.3 Å². The van der Waals surface area contributed by atoms with Gasteiger partial charge in [-0.05, 0) is 45.4 Å². The molecule has 1 atom stereocenters. The lowest BCUT2D eigenvalue weighted by Crippen LogP contribution is -2.27. The van der Waals surface area contributed by atoms with E-state index in [9.17, 15) is 9.59 Å². The third-order valence-electron chi connectivity index (χ3n) is 3.40. The molecule has 0 spiro atoms. The number of nitrogens with zero attached hydrogens (tertiary/aromatic N) is 3. The highest BCUT2D eigenvalue weighted by Gasteiger charge is 2.19. The summed E-state index contributed by atoms with van der Waals surface area (Å²) in [6, 6.07) is 3.64. The standard InChI is InChI=1S/C18H26N4O5/c1-11(26-12(2)23)9-25-10-13-7-14(19-17(24)27-18(3,4)5)16-15(8-13)22(6)21-20-16/h7-8,11H,9-10H2,1-6H3,(H,19,24)/t11-/m1/s1. The van der Waals surface area contributed by atoms with E-state index in [1.807, 2.05) is 6.07 Å². The molecule has 27 heavy (non-hydrogen) atoms. The van der Waals surface area contributed by atoms with Crippen LogP contribution in [0.5, 0.6) is 0 Å². The fourth-order valence-corrected chi connectivity index (χ4v) is 2.44. The van der Waals surface area contributed by atoms with Gasteiger partial charge in [0.25, 0.3) is 0 Å². The van der Waals surface area contributed by atoms with E-state index in [0.717, 1.165) is 11.1 Å². The minimum absolute atomic E-state index is 0.260. The van der Waals surface area contributed by atoms with Crippen molar-refractivity contribution < 1.29 is 23.8 Å². The van der Waals surface area contributed by atoms with Crippen LogP contribution in [0.15, 0.2) is 12.1 Å². The summed E-state index contributed by atoms with van der Waals surface area (Å²) in [5, 5.41) is 10.8. The minimum atomic E-state index is -0.612. The molecule has 0 aliphatic heterocycles. The van der Waals surface area contributed by atoms with Gasteiger partial charge in [-0.2, -0.15) is 0 Å². The van der Waals surface area contributed by atoms with Gasteiger partial charge in [-0.1, -0.05) is 5.21 Å². The number of aromatic nitrogens is 3. The Morgan fingerprint density at radius 1 is 1.30 bits per heavy atom. The Bertz CT molecular complexity index is 825. The van der Waals surface area contributed by atoms with Crippen LogP contribution < -0.4 is 5.32 Å². The minimum Gasteiger partial charge on any atom is -0.460 e. The topological polar surface area (TPSA) is 105 Å². The maximum atomic E-state index is 12.1. The van der Waals surface area contributed by atoms with Gasteiger partial charge in [0.1, 0.15) is 17.2 Å². The number of benzene rings is 1. The molecule has 2 aromatic rings. The summed E-state index contributed by atoms with van der Waals surface area (Å²) in [5.41, 5.74) is 1.99. The molecule has 0 saturated carbocycles. The summed E-state index contributed by atoms with van der Waals surface area (Å²) in [6.07, 6.45) is -0.917. The van der Waals surface area contributed by atoms with Gasteiger partial charge in [-0.25, -0.2) is 9.48 Å². The van der Waals surface area contributed by atoms with Gasteiger partial charge in [-0.3, -0.25) is 10.1 Å². The summed E-state index contributed by atoms with van der Waals surface area (Å²) >= 11 is 0. The van der Waals surface area contributed by atoms with Crippen molar-refractivity contribution in [3.8, 4) is 0 Å². The van der Waals surface area contributed by atoms with Crippen molar-refractivity contribution in [2.75, 3.05) is 11.9 Å². The van der Waals surface area contributed by atoms with Crippen LogP contribution in [0.4, 0.5) is 10.5 Å². The van der Waals surface area contributed by atoms with Gasteiger partial charge in [0.15, 0.2) is 0 Å². The Morgan fingerprint density at radius 2 is 2.00 bits per heavy atom. The quantitative estimate of drug-likeness (QED) is 0.771. The first kappa shape index (κ1) is 20.6. The Morgan fingerprint density at radius 3 is 2.63 bits per heavy atom. The predicted molar refractivity (Wildman–Crippen MR) is 99.2 cm³/mol. The molecular formula is C18H26N4O5. The second-order valence-electron chi connectivity index (χ2n) is 7.29. The molecule has 0 saturated heterocycles. The molecule has 9 heteroatoms. The van der Waals surface area contributed by atoms with Crippen LogP contribution in [0.2, 0.25) is 0 Å². The maximum Gasteiger partial charge on any atom is 0.412 e. The van der Waals surface area contributed by atoms with Gasteiger partial charge in [-0.15, -0.1) is 5.10 Å². The molecule has 1 aromatic heterocycles. The van der Waals surface area contributed by atoms with E-state index in [1.54, 1.807) is 45.5 Å². The number of carbonyl (C=O) groups excluding carboxylic acids is 2. The number of amides is 1. The molecule has 1 aromatic carbocycles. The molecule has 1 N–H and O–H groups in total. The normalized spacial score (nSPS) is 12.7. The van der Waals surface area contributed by atoms with E-state index in [0.29, 0.717) is 11.2 Å². The van der Waals surface area contributed by atoms with Crippen LogP contribution in [0.25, 0.3) is 11.0 Å². The smallest absolute Gasteiger partial charge is 0.412 e. The molecule has 148 valence electrons. The number of nitrogens with one attached hydrogen (secondary N) is 1. The average molecular weight is 378 g/mol. The number of aryl methyl sites for hydroxylation is 1. The van der Waals surface area contributed by atoms with Crippen LogP contribution in [0.1, 0.15) is 40.2 Å². The summed E-state index contributed by atoms with van der Waals surface area (Å²) in [4.78, 5) is 23.1. The number of rotatable bonds is 6. The van der Waals surface area contributed by atoms with Crippen LogP contribution in [0, 0.1) is 0 Å². The third-order valence-corrected chi connectivity index (χ3v) is 3.40. The zero-order valence-corrected chi connectivity index (χ0v) is 16.5. The number of hydrogen-bond donors (Lipinski definition) is 1. The number of carbonyl (C=O) groups is 2. The molecule has 0 aliphatic rings. The van der Waals surface area contributed by atoms with E-state index < -0.39 is 11.7 Å². The monoisotopic (exact) mass is 378 g/mol. The van der Waals surface area contributed by atoms with Crippen molar-refractivity contribution in [3.63, 3.8) is 0 Å². The van der Waals surface area contributed by atoms with E-state index in [2.05, 4.69) is 15.6 Å². The van der Waals surface area contributed by atoms with Crippen LogP contribution in [-0.4, -0.2) is 45.4 Å². The molecule has 9 nitrogen and oxygen atoms in total. The summed E-state index contributed by atoms with van der Waals surface area (Å²) in [5.74, 6) is -0.350. The SMILES string of the molecule is CC(=O)O[C@H](C)COCc1cc(NC(=O)OC(C)(C)C)c2nnn(C)c2c1. The van der Waals surface area contributed by atoms with Crippen LogP contribution >= 0.6 is 0 Å². The lowest BCUT2D eigenvalue weighted by Gasteiger charge is -2.20. The summed E-state index contributed by atoms with van der Waals surface area (Å²) in [6.45, 7) is 9.02. The number of esters is 1. The molecule has 0 aliphatic carbocycles. The maximum absolute atomic E-state index is 12.1. The van der Waals surface area contributed by atoms with Crippen LogP contribution in [-0.2, 0) is 32.7 Å². The van der Waals surface area contributed by atoms with E-state index in [1.165, 1.54) is 6.92 Å². The average Bonchev–Trinajstić information content (AvgIpc) is 2.86. The third kappa shape index (κ3) is 6.21. The van der Waals surface area contributed by atoms with Crippen molar-refractivity contribution in [2.24, 2.45) is 7.05 Å². The highest BCUT2D eigenvalue weighted by atomic mass is 16.6. The molecule has 0 bridgehead atoms. The molecule has 0 unspecified atom stereocenters. The van der Waals surface area contributed by atoms with Crippen LogP contribution in [0.3, 0.4) is 0 Å². The van der Waals surface area contributed by atoms with Crippen molar-refractivity contribution in [3.05, 3.63) is 17.7 Å². The number of hydrogen-bond acceptors (Lipinski definition) is 7. The van der Waals surface area contributed by atoms with Gasteiger partial charge in [0, 0.05) is 14.0 Å². The molecule has 1 amide bonds. The Hall–Kier alpha value is -2.68. The lowest BCUT2D eigenvalue weighted by atomic mass is 10.1.